The fraction of sp³-hybridized carbons (Fsp3) is 0.800. The van der Waals surface area contributed by atoms with Gasteiger partial charge in [-0.05, 0) is 32.1 Å². The molecule has 4 nitrogen and oxygen atoms in total. The van der Waals surface area contributed by atoms with Gasteiger partial charge < -0.3 is 15.3 Å². The van der Waals surface area contributed by atoms with Crippen LogP contribution in [0.3, 0.4) is 0 Å². The Bertz CT molecular complexity index is 375. The van der Waals surface area contributed by atoms with Gasteiger partial charge >= 0.3 is 0 Å². The molecule has 0 fully saturated rings. The molecular formula is C15H29N3OS. The second-order valence-electron chi connectivity index (χ2n) is 5.88. The van der Waals surface area contributed by atoms with Crippen molar-refractivity contribution < 1.29 is 5.11 Å². The number of aliphatic hydroxyl groups is 1. The molecule has 0 saturated carbocycles. The third-order valence-corrected chi connectivity index (χ3v) is 4.55. The number of aromatic nitrogens is 1. The van der Waals surface area contributed by atoms with Crippen molar-refractivity contribution in [3.8, 4) is 0 Å². The average molecular weight is 299 g/mol. The highest BCUT2D eigenvalue weighted by Crippen LogP contribution is 2.23. The summed E-state index contributed by atoms with van der Waals surface area (Å²) in [7, 11) is 0. The molecule has 0 radical (unpaired) electrons. The maximum Gasteiger partial charge on any atom is 0.185 e. The quantitative estimate of drug-likeness (QED) is 0.697. The van der Waals surface area contributed by atoms with Gasteiger partial charge in [0.2, 0.25) is 0 Å². The number of hydrogen-bond acceptors (Lipinski definition) is 5. The van der Waals surface area contributed by atoms with Crippen LogP contribution in [0.15, 0.2) is 6.20 Å². The molecule has 0 aliphatic rings. The van der Waals surface area contributed by atoms with Crippen molar-refractivity contribution >= 4 is 16.5 Å². The molecule has 20 heavy (non-hydrogen) atoms. The van der Waals surface area contributed by atoms with Crippen molar-refractivity contribution in [1.82, 2.24) is 10.3 Å². The summed E-state index contributed by atoms with van der Waals surface area (Å²) in [4.78, 5) is 8.05. The molecule has 5 heteroatoms. The van der Waals surface area contributed by atoms with Crippen molar-refractivity contribution in [1.29, 1.82) is 0 Å². The van der Waals surface area contributed by atoms with Crippen LogP contribution in [0.1, 0.15) is 45.4 Å². The Hall–Kier alpha value is -0.650. The van der Waals surface area contributed by atoms with E-state index in [2.05, 4.69) is 42.9 Å². The smallest absolute Gasteiger partial charge is 0.185 e. The predicted molar refractivity (Wildman–Crippen MR) is 87.5 cm³/mol. The van der Waals surface area contributed by atoms with Crippen molar-refractivity contribution in [2.75, 3.05) is 31.1 Å². The van der Waals surface area contributed by atoms with Crippen LogP contribution < -0.4 is 10.2 Å². The minimum Gasteiger partial charge on any atom is -0.396 e. The number of anilines is 1. The zero-order valence-electron chi connectivity index (χ0n) is 13.3. The topological polar surface area (TPSA) is 48.4 Å². The van der Waals surface area contributed by atoms with Crippen molar-refractivity contribution in [3.63, 3.8) is 0 Å². The zero-order chi connectivity index (χ0) is 15.0. The van der Waals surface area contributed by atoms with Crippen LogP contribution in [0.5, 0.6) is 0 Å². The summed E-state index contributed by atoms with van der Waals surface area (Å²) in [5.74, 6) is 0. The first kappa shape index (κ1) is 17.4. The Balaban J connectivity index is 2.39. The van der Waals surface area contributed by atoms with Gasteiger partial charge in [0.25, 0.3) is 0 Å². The van der Waals surface area contributed by atoms with Crippen LogP contribution >= 0.6 is 11.3 Å². The van der Waals surface area contributed by atoms with Crippen LogP contribution in [0, 0.1) is 5.41 Å². The normalized spacial score (nSPS) is 11.8. The molecular weight excluding hydrogens is 270 g/mol. The average Bonchev–Trinajstić information content (AvgIpc) is 2.86. The lowest BCUT2D eigenvalue weighted by atomic mass is 9.88. The first-order valence-electron chi connectivity index (χ1n) is 7.53. The van der Waals surface area contributed by atoms with Crippen LogP contribution in [0.4, 0.5) is 5.13 Å². The van der Waals surface area contributed by atoms with Crippen LogP contribution in [0.2, 0.25) is 0 Å². The van der Waals surface area contributed by atoms with E-state index in [-0.39, 0.29) is 12.0 Å². The second-order valence-corrected chi connectivity index (χ2v) is 6.97. The van der Waals surface area contributed by atoms with Crippen molar-refractivity contribution in [3.05, 3.63) is 11.1 Å². The largest absolute Gasteiger partial charge is 0.396 e. The first-order valence-corrected chi connectivity index (χ1v) is 8.35. The van der Waals surface area contributed by atoms with E-state index in [1.54, 1.807) is 11.3 Å². The Labute approximate surface area is 127 Å². The molecule has 0 atom stereocenters. The molecule has 0 aromatic carbocycles. The van der Waals surface area contributed by atoms with Gasteiger partial charge in [0, 0.05) is 43.9 Å². The molecule has 116 valence electrons. The zero-order valence-corrected chi connectivity index (χ0v) is 14.1. The molecule has 1 heterocycles. The predicted octanol–water partition coefficient (Wildman–Crippen LogP) is 2.88. The first-order chi connectivity index (χ1) is 9.52. The lowest BCUT2D eigenvalue weighted by Gasteiger charge is -2.24. The standard InChI is InChI=1S/C15H29N3OS/c1-5-18(6-2)14-17-11-13(20-14)10-16-12-15(3,4)8-7-9-19/h11,16,19H,5-10,12H2,1-4H3. The molecule has 1 aromatic rings. The van der Waals surface area contributed by atoms with E-state index in [4.69, 9.17) is 5.11 Å². The molecule has 0 saturated heterocycles. The summed E-state index contributed by atoms with van der Waals surface area (Å²) in [6.45, 7) is 12.9. The third-order valence-electron chi connectivity index (χ3n) is 3.49. The molecule has 1 aromatic heterocycles. The van der Waals surface area contributed by atoms with Crippen molar-refractivity contribution in [2.45, 2.75) is 47.1 Å². The van der Waals surface area contributed by atoms with Crippen LogP contribution in [-0.4, -0.2) is 36.3 Å². The van der Waals surface area contributed by atoms with E-state index in [0.29, 0.717) is 0 Å². The summed E-state index contributed by atoms with van der Waals surface area (Å²) in [5, 5.41) is 13.5. The maximum absolute atomic E-state index is 8.90. The number of nitrogens with zero attached hydrogens (tertiary/aromatic N) is 2. The summed E-state index contributed by atoms with van der Waals surface area (Å²) in [6.07, 6.45) is 3.90. The Morgan fingerprint density at radius 2 is 2.05 bits per heavy atom. The molecule has 0 bridgehead atoms. The minimum atomic E-state index is 0.231. The van der Waals surface area contributed by atoms with Gasteiger partial charge in [0.05, 0.1) is 0 Å². The lowest BCUT2D eigenvalue weighted by molar-refractivity contribution is 0.236. The van der Waals surface area contributed by atoms with E-state index in [1.807, 2.05) is 6.20 Å². The Morgan fingerprint density at radius 3 is 2.65 bits per heavy atom. The molecule has 0 spiro atoms. The molecule has 0 aliphatic heterocycles. The minimum absolute atomic E-state index is 0.231. The summed E-state index contributed by atoms with van der Waals surface area (Å²) < 4.78 is 0. The summed E-state index contributed by atoms with van der Waals surface area (Å²) in [6, 6.07) is 0. The number of thiazole rings is 1. The van der Waals surface area contributed by atoms with Gasteiger partial charge in [0.1, 0.15) is 0 Å². The van der Waals surface area contributed by atoms with Crippen LogP contribution in [-0.2, 0) is 6.54 Å². The highest BCUT2D eigenvalue weighted by molar-refractivity contribution is 7.15. The number of aliphatic hydroxyl groups excluding tert-OH is 1. The van der Waals surface area contributed by atoms with E-state index < -0.39 is 0 Å². The van der Waals surface area contributed by atoms with Gasteiger partial charge in [-0.15, -0.1) is 11.3 Å². The summed E-state index contributed by atoms with van der Waals surface area (Å²) in [5.41, 5.74) is 0.231. The van der Waals surface area contributed by atoms with E-state index in [9.17, 15) is 0 Å². The van der Waals surface area contributed by atoms with Gasteiger partial charge in [-0.1, -0.05) is 13.8 Å². The summed E-state index contributed by atoms with van der Waals surface area (Å²) >= 11 is 1.77. The molecule has 1 rings (SSSR count). The Morgan fingerprint density at radius 1 is 1.35 bits per heavy atom. The van der Waals surface area contributed by atoms with Crippen molar-refractivity contribution in [2.24, 2.45) is 5.41 Å². The fourth-order valence-electron chi connectivity index (χ4n) is 2.19. The number of rotatable bonds is 10. The SMILES string of the molecule is CCN(CC)c1ncc(CNCC(C)(C)CCCO)s1. The Kier molecular flexibility index (Phi) is 7.48. The van der Waals surface area contributed by atoms with E-state index >= 15 is 0 Å². The highest BCUT2D eigenvalue weighted by Gasteiger charge is 2.17. The number of nitrogens with one attached hydrogen (secondary N) is 1. The second kappa shape index (κ2) is 8.60. The van der Waals surface area contributed by atoms with Crippen LogP contribution in [0.25, 0.3) is 0 Å². The molecule has 0 aliphatic carbocycles. The molecule has 0 unspecified atom stereocenters. The monoisotopic (exact) mass is 299 g/mol. The van der Waals surface area contributed by atoms with Gasteiger partial charge in [-0.3, -0.25) is 0 Å². The third kappa shape index (κ3) is 5.77. The molecule has 0 amide bonds. The van der Waals surface area contributed by atoms with E-state index in [0.717, 1.165) is 44.2 Å². The maximum atomic E-state index is 8.90. The number of hydrogen-bond donors (Lipinski definition) is 2. The van der Waals surface area contributed by atoms with Gasteiger partial charge in [0.15, 0.2) is 5.13 Å². The van der Waals surface area contributed by atoms with E-state index in [1.165, 1.54) is 4.88 Å². The lowest BCUT2D eigenvalue weighted by Crippen LogP contribution is -2.29. The van der Waals surface area contributed by atoms with Gasteiger partial charge in [-0.25, -0.2) is 4.98 Å². The molecule has 2 N–H and O–H groups in total. The van der Waals surface area contributed by atoms with Gasteiger partial charge in [-0.2, -0.15) is 0 Å². The highest BCUT2D eigenvalue weighted by atomic mass is 32.1. The fourth-order valence-corrected chi connectivity index (χ4v) is 3.20.